The van der Waals surface area contributed by atoms with Crippen molar-refractivity contribution in [1.82, 2.24) is 24.8 Å². The van der Waals surface area contributed by atoms with Crippen LogP contribution in [0.5, 0.6) is 0 Å². The van der Waals surface area contributed by atoms with E-state index >= 15 is 0 Å². The number of benzene rings is 2. The molecule has 31 heavy (non-hydrogen) atoms. The second kappa shape index (κ2) is 10.5. The molecule has 1 aliphatic heterocycles. The number of nitrogens with one attached hydrogen (secondary N) is 2. The van der Waals surface area contributed by atoms with Crippen molar-refractivity contribution in [3.8, 4) is 11.1 Å². The topological polar surface area (TPSA) is 63.8 Å². The van der Waals surface area contributed by atoms with E-state index in [1.165, 1.54) is 22.4 Å². The minimum atomic E-state index is 0. The predicted octanol–water partition coefficient (Wildman–Crippen LogP) is 4.67. The largest absolute Gasteiger partial charge is 0.364 e. The van der Waals surface area contributed by atoms with Crippen LogP contribution in [0.25, 0.3) is 11.1 Å². The number of rotatable bonds is 5. The van der Waals surface area contributed by atoms with Gasteiger partial charge in [0.25, 0.3) is 0 Å². The Morgan fingerprint density at radius 2 is 1.48 bits per heavy atom. The number of H-pyrrole nitrogens is 2. The lowest BCUT2D eigenvalue weighted by molar-refractivity contribution is 0.265. The molecule has 1 aliphatic rings. The minimum Gasteiger partial charge on any atom is -0.364 e. The Hall–Kier alpha value is -2.80. The first-order valence-corrected chi connectivity index (χ1v) is 9.95. The van der Waals surface area contributed by atoms with Crippen molar-refractivity contribution in [2.45, 2.75) is 19.6 Å². The second-order valence-electron chi connectivity index (χ2n) is 7.50. The fourth-order valence-corrected chi connectivity index (χ4v) is 4.02. The molecule has 0 unspecified atom stereocenters. The van der Waals surface area contributed by atoms with E-state index in [1.807, 2.05) is 12.4 Å². The van der Waals surface area contributed by atoms with Crippen LogP contribution in [0, 0.1) is 0 Å². The summed E-state index contributed by atoms with van der Waals surface area (Å²) in [6.07, 6.45) is 7.32. The molecule has 0 spiro atoms. The smallest absolute Gasteiger partial charge is 0.0922 e. The molecular weight excluding hydrogens is 431 g/mol. The van der Waals surface area contributed by atoms with E-state index in [1.54, 1.807) is 12.7 Å². The van der Waals surface area contributed by atoms with Crippen molar-refractivity contribution in [1.29, 1.82) is 0 Å². The number of fused-ring (bicyclic) bond motifs is 1. The fourth-order valence-electron chi connectivity index (χ4n) is 4.02. The number of anilines is 1. The summed E-state index contributed by atoms with van der Waals surface area (Å²) in [5, 5.41) is 0. The standard InChI is InChI=1S/C23H24N6.2ClH/c1-2-4-18(5-3-1)19-6-7-23-20(10-19)13-28(14-21-11-24-16-26-21)8-9-29(23)15-22-12-25-17-27-22;;/h1-7,10-12,16-17H,8-9,13-15H2,(H,24,26)(H,25,27);2*1H. The van der Waals surface area contributed by atoms with Gasteiger partial charge in [-0.15, -0.1) is 24.8 Å². The quantitative estimate of drug-likeness (QED) is 0.458. The van der Waals surface area contributed by atoms with E-state index < -0.39 is 0 Å². The van der Waals surface area contributed by atoms with Gasteiger partial charge in [-0.2, -0.15) is 0 Å². The normalized spacial score (nSPS) is 13.6. The Morgan fingerprint density at radius 1 is 0.774 bits per heavy atom. The van der Waals surface area contributed by atoms with Gasteiger partial charge in [0.1, 0.15) is 0 Å². The third kappa shape index (κ3) is 5.28. The number of halogens is 2. The van der Waals surface area contributed by atoms with Crippen molar-refractivity contribution < 1.29 is 0 Å². The molecule has 2 aromatic carbocycles. The van der Waals surface area contributed by atoms with Crippen LogP contribution in [-0.2, 0) is 19.6 Å². The Morgan fingerprint density at radius 3 is 2.16 bits per heavy atom. The van der Waals surface area contributed by atoms with Gasteiger partial charge in [-0.25, -0.2) is 9.97 Å². The molecule has 0 bridgehead atoms. The summed E-state index contributed by atoms with van der Waals surface area (Å²) in [4.78, 5) is 19.8. The zero-order valence-corrected chi connectivity index (χ0v) is 18.7. The molecule has 162 valence electrons. The number of hydrogen-bond donors (Lipinski definition) is 2. The molecule has 2 aromatic heterocycles. The molecule has 4 aromatic rings. The van der Waals surface area contributed by atoms with Crippen LogP contribution in [-0.4, -0.2) is 37.9 Å². The first-order valence-electron chi connectivity index (χ1n) is 9.95. The highest BCUT2D eigenvalue weighted by Crippen LogP contribution is 2.31. The van der Waals surface area contributed by atoms with Gasteiger partial charge in [0.2, 0.25) is 0 Å². The maximum atomic E-state index is 4.18. The van der Waals surface area contributed by atoms with Crippen molar-refractivity contribution in [3.05, 3.63) is 90.5 Å². The van der Waals surface area contributed by atoms with E-state index in [4.69, 9.17) is 0 Å². The van der Waals surface area contributed by atoms with E-state index in [9.17, 15) is 0 Å². The molecule has 0 saturated heterocycles. The average molecular weight is 457 g/mol. The van der Waals surface area contributed by atoms with Crippen LogP contribution in [0.1, 0.15) is 17.0 Å². The number of hydrogen-bond acceptors (Lipinski definition) is 4. The van der Waals surface area contributed by atoms with Gasteiger partial charge in [-0.1, -0.05) is 36.4 Å². The zero-order chi connectivity index (χ0) is 19.5. The molecule has 0 radical (unpaired) electrons. The van der Waals surface area contributed by atoms with E-state index in [-0.39, 0.29) is 24.8 Å². The predicted molar refractivity (Wildman–Crippen MR) is 129 cm³/mol. The maximum absolute atomic E-state index is 4.18. The van der Waals surface area contributed by atoms with Gasteiger partial charge in [0.05, 0.1) is 24.9 Å². The third-order valence-corrected chi connectivity index (χ3v) is 5.47. The number of imidazole rings is 2. The lowest BCUT2D eigenvalue weighted by atomic mass is 10.0. The molecule has 0 aliphatic carbocycles. The van der Waals surface area contributed by atoms with Gasteiger partial charge in [0.15, 0.2) is 0 Å². The fraction of sp³-hybridized carbons (Fsp3) is 0.217. The van der Waals surface area contributed by atoms with Gasteiger partial charge < -0.3 is 14.9 Å². The molecule has 2 N–H and O–H groups in total. The molecule has 0 atom stereocenters. The van der Waals surface area contributed by atoms with Gasteiger partial charge >= 0.3 is 0 Å². The highest BCUT2D eigenvalue weighted by molar-refractivity contribution is 5.85. The van der Waals surface area contributed by atoms with Crippen LogP contribution >= 0.6 is 24.8 Å². The third-order valence-electron chi connectivity index (χ3n) is 5.47. The lowest BCUT2D eigenvalue weighted by Crippen LogP contribution is -2.31. The number of aromatic nitrogens is 4. The van der Waals surface area contributed by atoms with Gasteiger partial charge in [-0.05, 0) is 28.8 Å². The monoisotopic (exact) mass is 456 g/mol. The molecule has 8 heteroatoms. The highest BCUT2D eigenvalue weighted by Gasteiger charge is 2.21. The van der Waals surface area contributed by atoms with Gasteiger partial charge in [-0.3, -0.25) is 4.90 Å². The average Bonchev–Trinajstić information content (AvgIpc) is 3.43. The minimum absolute atomic E-state index is 0. The summed E-state index contributed by atoms with van der Waals surface area (Å²) in [5.41, 5.74) is 7.43. The van der Waals surface area contributed by atoms with E-state index in [0.29, 0.717) is 0 Å². The van der Waals surface area contributed by atoms with Gasteiger partial charge in [0, 0.05) is 50.0 Å². The number of aromatic amines is 2. The van der Waals surface area contributed by atoms with Crippen LogP contribution in [0.2, 0.25) is 0 Å². The van der Waals surface area contributed by atoms with Crippen molar-refractivity contribution in [2.24, 2.45) is 0 Å². The maximum Gasteiger partial charge on any atom is 0.0922 e. The summed E-state index contributed by atoms with van der Waals surface area (Å²) < 4.78 is 0. The number of nitrogens with zero attached hydrogens (tertiary/aromatic N) is 4. The molecule has 0 amide bonds. The van der Waals surface area contributed by atoms with Crippen molar-refractivity contribution in [3.63, 3.8) is 0 Å². The second-order valence-corrected chi connectivity index (χ2v) is 7.50. The Kier molecular flexibility index (Phi) is 7.74. The summed E-state index contributed by atoms with van der Waals surface area (Å²) in [6.45, 7) is 4.56. The molecule has 0 fully saturated rings. The molecule has 0 saturated carbocycles. The van der Waals surface area contributed by atoms with E-state index in [2.05, 4.69) is 78.3 Å². The first kappa shape index (κ1) is 22.9. The van der Waals surface area contributed by atoms with Crippen molar-refractivity contribution >= 4 is 30.5 Å². The SMILES string of the molecule is Cl.Cl.c1ccc(-c2ccc3c(c2)CN(Cc2cnc[nH]2)CCN3Cc2cnc[nH]2)cc1. The summed E-state index contributed by atoms with van der Waals surface area (Å²) >= 11 is 0. The zero-order valence-electron chi connectivity index (χ0n) is 17.1. The summed E-state index contributed by atoms with van der Waals surface area (Å²) in [6, 6.07) is 17.4. The Bertz CT molecular complexity index is 1050. The summed E-state index contributed by atoms with van der Waals surface area (Å²) in [7, 11) is 0. The first-order chi connectivity index (χ1) is 14.3. The van der Waals surface area contributed by atoms with Crippen LogP contribution in [0.4, 0.5) is 5.69 Å². The van der Waals surface area contributed by atoms with Crippen LogP contribution in [0.15, 0.2) is 73.6 Å². The highest BCUT2D eigenvalue weighted by atomic mass is 35.5. The van der Waals surface area contributed by atoms with Crippen molar-refractivity contribution in [2.75, 3.05) is 18.0 Å². The molecule has 6 nitrogen and oxygen atoms in total. The van der Waals surface area contributed by atoms with Crippen LogP contribution < -0.4 is 4.90 Å². The molecular formula is C23H26Cl2N6. The molecule has 3 heterocycles. The Labute approximate surface area is 194 Å². The van der Waals surface area contributed by atoms with Crippen LogP contribution in [0.3, 0.4) is 0 Å². The Balaban J connectivity index is 0.00000136. The summed E-state index contributed by atoms with van der Waals surface area (Å²) in [5.74, 6) is 0. The lowest BCUT2D eigenvalue weighted by Gasteiger charge is -2.24. The molecule has 5 rings (SSSR count). The van der Waals surface area contributed by atoms with E-state index in [0.717, 1.165) is 44.1 Å².